The van der Waals surface area contributed by atoms with Gasteiger partial charge in [-0.15, -0.1) is 12.6 Å². The second-order valence-electron chi connectivity index (χ2n) is 1.77. The van der Waals surface area contributed by atoms with E-state index in [2.05, 4.69) is 12.6 Å². The van der Waals surface area contributed by atoms with E-state index in [-0.39, 0.29) is 0 Å². The smallest absolute Gasteiger partial charge is 0.229 e. The fourth-order valence-corrected chi connectivity index (χ4v) is 0.439. The van der Waals surface area contributed by atoms with Crippen molar-refractivity contribution < 1.29 is 9.53 Å². The summed E-state index contributed by atoms with van der Waals surface area (Å²) in [6, 6.07) is 0. The van der Waals surface area contributed by atoms with Crippen molar-refractivity contribution in [2.45, 2.75) is 12.6 Å². The third kappa shape index (κ3) is 4.75. The Kier molecular flexibility index (Phi) is 5.61. The molecular weight excluding hydrogens is 152 g/mol. The van der Waals surface area contributed by atoms with Gasteiger partial charge in [-0.1, -0.05) is 0 Å². The zero-order valence-corrected chi connectivity index (χ0v) is 6.51. The van der Waals surface area contributed by atoms with Crippen molar-refractivity contribution in [2.75, 3.05) is 13.2 Å². The SMILES string of the molecule is NCCCO[C@H](N)C(=O)S. The molecule has 0 bridgehead atoms. The van der Waals surface area contributed by atoms with Crippen LogP contribution in [0.25, 0.3) is 0 Å². The lowest BCUT2D eigenvalue weighted by Crippen LogP contribution is -2.30. The lowest BCUT2D eigenvalue weighted by molar-refractivity contribution is -0.121. The standard InChI is InChI=1S/C5H12N2O2S/c6-2-1-3-9-4(7)5(8)10/h4H,1-3,6-7H2,(H,8,10)/t4-/m0/s1. The minimum absolute atomic E-state index is 0.407. The Morgan fingerprint density at radius 2 is 2.30 bits per heavy atom. The van der Waals surface area contributed by atoms with E-state index in [9.17, 15) is 4.79 Å². The van der Waals surface area contributed by atoms with E-state index < -0.39 is 11.3 Å². The Labute approximate surface area is 65.3 Å². The number of nitrogens with two attached hydrogens (primary N) is 2. The Bertz CT molecular complexity index is 110. The molecule has 0 aliphatic rings. The minimum Gasteiger partial charge on any atom is -0.355 e. The second kappa shape index (κ2) is 5.67. The minimum atomic E-state index is -0.908. The van der Waals surface area contributed by atoms with Crippen molar-refractivity contribution in [3.8, 4) is 0 Å². The van der Waals surface area contributed by atoms with Gasteiger partial charge in [-0.25, -0.2) is 0 Å². The Morgan fingerprint density at radius 1 is 1.70 bits per heavy atom. The maximum atomic E-state index is 10.3. The molecule has 60 valence electrons. The summed E-state index contributed by atoms with van der Waals surface area (Å²) in [6.45, 7) is 0.942. The molecule has 0 radical (unpaired) electrons. The van der Waals surface area contributed by atoms with Crippen LogP contribution in [-0.2, 0) is 9.53 Å². The van der Waals surface area contributed by atoms with Crippen LogP contribution in [0.3, 0.4) is 0 Å². The molecule has 0 aromatic rings. The quantitative estimate of drug-likeness (QED) is 0.279. The highest BCUT2D eigenvalue weighted by atomic mass is 32.1. The molecule has 0 saturated carbocycles. The summed E-state index contributed by atoms with van der Waals surface area (Å²) in [6.07, 6.45) is -0.204. The molecule has 0 aromatic heterocycles. The van der Waals surface area contributed by atoms with E-state index >= 15 is 0 Å². The Morgan fingerprint density at radius 3 is 2.70 bits per heavy atom. The Balaban J connectivity index is 3.21. The summed E-state index contributed by atoms with van der Waals surface area (Å²) in [4.78, 5) is 10.3. The van der Waals surface area contributed by atoms with Gasteiger partial charge >= 0.3 is 0 Å². The van der Waals surface area contributed by atoms with Gasteiger partial charge in [0.1, 0.15) is 0 Å². The van der Waals surface area contributed by atoms with Crippen LogP contribution in [0.1, 0.15) is 6.42 Å². The fraction of sp³-hybridized carbons (Fsp3) is 0.800. The first-order valence-electron chi connectivity index (χ1n) is 2.98. The molecule has 0 rings (SSSR count). The van der Waals surface area contributed by atoms with E-state index in [0.717, 1.165) is 0 Å². The van der Waals surface area contributed by atoms with Crippen LogP contribution >= 0.6 is 12.6 Å². The molecule has 0 aromatic carbocycles. The number of ether oxygens (including phenoxy) is 1. The molecule has 5 heteroatoms. The normalized spacial score (nSPS) is 13.1. The zero-order chi connectivity index (χ0) is 7.98. The second-order valence-corrected chi connectivity index (χ2v) is 2.21. The average Bonchev–Trinajstić information content (AvgIpc) is 1.88. The highest BCUT2D eigenvalue weighted by Crippen LogP contribution is 1.90. The largest absolute Gasteiger partial charge is 0.355 e. The molecule has 0 heterocycles. The van der Waals surface area contributed by atoms with E-state index in [1.165, 1.54) is 0 Å². The predicted octanol–water partition coefficient (Wildman–Crippen LogP) is -0.907. The Hall–Kier alpha value is -0.100. The van der Waals surface area contributed by atoms with Gasteiger partial charge < -0.3 is 10.5 Å². The van der Waals surface area contributed by atoms with E-state index in [1.54, 1.807) is 0 Å². The molecule has 0 aliphatic carbocycles. The molecule has 0 saturated heterocycles. The van der Waals surface area contributed by atoms with Crippen LogP contribution in [-0.4, -0.2) is 24.5 Å². The molecule has 0 fully saturated rings. The van der Waals surface area contributed by atoms with Crippen molar-refractivity contribution in [3.63, 3.8) is 0 Å². The van der Waals surface area contributed by atoms with Crippen LogP contribution < -0.4 is 11.5 Å². The summed E-state index contributed by atoms with van der Waals surface area (Å²) in [5.41, 5.74) is 10.3. The monoisotopic (exact) mass is 164 g/mol. The number of hydrogen-bond acceptors (Lipinski definition) is 4. The van der Waals surface area contributed by atoms with Crippen LogP contribution in [0, 0.1) is 0 Å². The van der Waals surface area contributed by atoms with Crippen molar-refractivity contribution in [1.82, 2.24) is 0 Å². The molecule has 0 amide bonds. The van der Waals surface area contributed by atoms with Crippen LogP contribution in [0.15, 0.2) is 0 Å². The molecule has 10 heavy (non-hydrogen) atoms. The van der Waals surface area contributed by atoms with Crippen molar-refractivity contribution >= 4 is 17.7 Å². The van der Waals surface area contributed by atoms with Gasteiger partial charge in [0.25, 0.3) is 0 Å². The van der Waals surface area contributed by atoms with Gasteiger partial charge in [-0.2, -0.15) is 0 Å². The summed E-state index contributed by atoms with van der Waals surface area (Å²) in [7, 11) is 0. The zero-order valence-electron chi connectivity index (χ0n) is 5.62. The van der Waals surface area contributed by atoms with Gasteiger partial charge in [-0.3, -0.25) is 10.5 Å². The number of thiol groups is 1. The van der Waals surface area contributed by atoms with E-state index in [0.29, 0.717) is 19.6 Å². The van der Waals surface area contributed by atoms with Crippen LogP contribution in [0.2, 0.25) is 0 Å². The lowest BCUT2D eigenvalue weighted by atomic mass is 10.5. The van der Waals surface area contributed by atoms with Crippen LogP contribution in [0.5, 0.6) is 0 Å². The lowest BCUT2D eigenvalue weighted by Gasteiger charge is -2.06. The topological polar surface area (TPSA) is 78.3 Å². The van der Waals surface area contributed by atoms with Crippen molar-refractivity contribution in [2.24, 2.45) is 11.5 Å². The summed E-state index contributed by atoms with van der Waals surface area (Å²) < 4.78 is 4.82. The first-order valence-corrected chi connectivity index (χ1v) is 3.43. The van der Waals surface area contributed by atoms with Crippen molar-refractivity contribution in [1.29, 1.82) is 0 Å². The molecule has 0 aliphatic heterocycles. The maximum absolute atomic E-state index is 10.3. The van der Waals surface area contributed by atoms with Gasteiger partial charge in [0.05, 0.1) is 6.61 Å². The van der Waals surface area contributed by atoms with E-state index in [1.807, 2.05) is 0 Å². The predicted molar refractivity (Wildman–Crippen MR) is 41.6 cm³/mol. The molecule has 4 N–H and O–H groups in total. The first-order chi connectivity index (χ1) is 4.68. The number of rotatable bonds is 5. The summed E-state index contributed by atoms with van der Waals surface area (Å²) >= 11 is 3.47. The first kappa shape index (κ1) is 9.90. The molecule has 0 spiro atoms. The van der Waals surface area contributed by atoms with Crippen molar-refractivity contribution in [3.05, 3.63) is 0 Å². The highest BCUT2D eigenvalue weighted by Gasteiger charge is 2.07. The number of carbonyl (C=O) groups excluding carboxylic acids is 1. The van der Waals surface area contributed by atoms with Gasteiger partial charge in [0.2, 0.25) is 5.12 Å². The summed E-state index contributed by atoms with van der Waals surface area (Å²) in [5, 5.41) is -0.461. The van der Waals surface area contributed by atoms with Gasteiger partial charge in [-0.05, 0) is 13.0 Å². The van der Waals surface area contributed by atoms with Gasteiger partial charge in [0.15, 0.2) is 6.23 Å². The van der Waals surface area contributed by atoms with Gasteiger partial charge in [0, 0.05) is 0 Å². The third-order valence-corrected chi connectivity index (χ3v) is 1.14. The molecule has 0 unspecified atom stereocenters. The molecular formula is C5H12N2O2S. The van der Waals surface area contributed by atoms with E-state index in [4.69, 9.17) is 16.2 Å². The fourth-order valence-electron chi connectivity index (χ4n) is 0.365. The molecule has 4 nitrogen and oxygen atoms in total. The maximum Gasteiger partial charge on any atom is 0.229 e. The number of carbonyl (C=O) groups is 1. The summed E-state index contributed by atoms with van der Waals surface area (Å²) in [5.74, 6) is 0. The van der Waals surface area contributed by atoms with Crippen LogP contribution in [0.4, 0.5) is 0 Å². The average molecular weight is 164 g/mol. The molecule has 1 atom stereocenters. The highest BCUT2D eigenvalue weighted by molar-refractivity contribution is 7.96. The third-order valence-electron chi connectivity index (χ3n) is 0.889. The number of hydrogen-bond donors (Lipinski definition) is 3.